The van der Waals surface area contributed by atoms with Crippen molar-refractivity contribution in [1.82, 2.24) is 0 Å². The molecule has 2 radical (unpaired) electrons. The van der Waals surface area contributed by atoms with Crippen LogP contribution >= 0.6 is 0 Å². The molecule has 0 aliphatic heterocycles. The second-order valence-corrected chi connectivity index (χ2v) is 6.96. The van der Waals surface area contributed by atoms with Crippen LogP contribution in [0.5, 0.6) is 0 Å². The van der Waals surface area contributed by atoms with E-state index in [0.29, 0.717) is 0 Å². The zero-order valence-corrected chi connectivity index (χ0v) is 15.5. The third-order valence-electron chi connectivity index (χ3n) is 4.56. The van der Waals surface area contributed by atoms with Crippen LogP contribution in [0.2, 0.25) is 0 Å². The summed E-state index contributed by atoms with van der Waals surface area (Å²) in [5.74, 6) is 0. The Hall–Kier alpha value is -2.79. The van der Waals surface area contributed by atoms with Crippen LogP contribution in [-0.4, -0.2) is 16.3 Å². The van der Waals surface area contributed by atoms with Gasteiger partial charge in [0.05, 0.1) is 0 Å². The van der Waals surface area contributed by atoms with Gasteiger partial charge in [0.2, 0.25) is 0 Å². The Balaban J connectivity index is 0.000000204. The number of hydrogen-bond acceptors (Lipinski definition) is 1. The normalized spacial score (nSPS) is 10.6. The first-order chi connectivity index (χ1) is 12.7. The van der Waals surface area contributed by atoms with Crippen molar-refractivity contribution in [3.63, 3.8) is 0 Å². The van der Waals surface area contributed by atoms with Gasteiger partial charge in [-0.2, -0.15) is 0 Å². The van der Waals surface area contributed by atoms with E-state index in [9.17, 15) is 0 Å². The van der Waals surface area contributed by atoms with Crippen LogP contribution in [0, 0.1) is 0 Å². The minimum Gasteiger partial charge on any atom is -0.399 e. The molecule has 0 aliphatic rings. The second kappa shape index (κ2) is 7.22. The summed E-state index contributed by atoms with van der Waals surface area (Å²) in [6.45, 7) is 0. The molecule has 26 heavy (non-hydrogen) atoms. The first-order valence-corrected chi connectivity index (χ1v) is 9.20. The molecular formula is C24H18AlN. The molecule has 0 aromatic heterocycles. The van der Waals surface area contributed by atoms with Crippen molar-refractivity contribution in [2.75, 3.05) is 5.73 Å². The number of anilines is 1. The number of hydrogen-bond donors (Lipinski definition) is 1. The lowest BCUT2D eigenvalue weighted by Crippen LogP contribution is -2.03. The van der Waals surface area contributed by atoms with Crippen molar-refractivity contribution < 1.29 is 0 Å². The van der Waals surface area contributed by atoms with Crippen LogP contribution < -0.4 is 10.2 Å². The molecule has 0 saturated heterocycles. The van der Waals surface area contributed by atoms with Crippen LogP contribution in [0.3, 0.4) is 0 Å². The molecule has 2 heteroatoms. The molecule has 0 unspecified atom stereocenters. The first-order valence-electron chi connectivity index (χ1n) is 8.62. The summed E-state index contributed by atoms with van der Waals surface area (Å²) in [5.41, 5.74) is 6.18. The van der Waals surface area contributed by atoms with Crippen LogP contribution in [0.1, 0.15) is 0 Å². The summed E-state index contributed by atoms with van der Waals surface area (Å²) in [5, 5.41) is 7.89. The van der Waals surface area contributed by atoms with Gasteiger partial charge in [-0.3, -0.25) is 0 Å². The molecule has 0 fully saturated rings. The van der Waals surface area contributed by atoms with Crippen LogP contribution in [0.15, 0.2) is 97.1 Å². The largest absolute Gasteiger partial charge is 0.399 e. The van der Waals surface area contributed by atoms with E-state index < -0.39 is 0 Å². The van der Waals surface area contributed by atoms with Gasteiger partial charge in [-0.05, 0) is 56.6 Å². The number of rotatable bonds is 0. The molecule has 0 bridgehead atoms. The monoisotopic (exact) mass is 347 g/mol. The average Bonchev–Trinajstić information content (AvgIpc) is 2.67. The van der Waals surface area contributed by atoms with Gasteiger partial charge in [-0.25, -0.2) is 0 Å². The van der Waals surface area contributed by atoms with Crippen molar-refractivity contribution in [3.8, 4) is 0 Å². The van der Waals surface area contributed by atoms with Crippen LogP contribution in [-0.2, 0) is 0 Å². The number of para-hydroxylation sites is 1. The molecule has 5 aromatic carbocycles. The van der Waals surface area contributed by atoms with Crippen LogP contribution in [0.25, 0.3) is 32.3 Å². The summed E-state index contributed by atoms with van der Waals surface area (Å²) in [6.07, 6.45) is 0. The Morgan fingerprint density at radius 3 is 1.85 bits per heavy atom. The molecule has 2 N–H and O–H groups in total. The van der Waals surface area contributed by atoms with Gasteiger partial charge in [0.1, 0.15) is 0 Å². The minimum atomic E-state index is 0.822. The summed E-state index contributed by atoms with van der Waals surface area (Å²) < 4.78 is 1.26. The Bertz CT molecular complexity index is 1200. The van der Waals surface area contributed by atoms with Crippen molar-refractivity contribution in [2.24, 2.45) is 0 Å². The standard InChI is InChI=1S/C18H11.C6H7N.Al/c1-2-7-15-12-18-16(11-14(15)6-1)10-9-13-5-3-4-8-17(13)18;7-6-4-2-1-3-5-6;/h1-7,9-12H;1-5H,7H2;. The molecule has 0 heterocycles. The van der Waals surface area contributed by atoms with E-state index in [1.165, 1.54) is 36.7 Å². The topological polar surface area (TPSA) is 26.0 Å². The highest BCUT2D eigenvalue weighted by Gasteiger charge is 2.03. The molecule has 122 valence electrons. The molecule has 0 spiro atoms. The van der Waals surface area contributed by atoms with Crippen molar-refractivity contribution in [1.29, 1.82) is 0 Å². The number of nitrogens with two attached hydrogens (primary N) is 1. The number of fused-ring (bicyclic) bond motifs is 4. The second-order valence-electron chi connectivity index (χ2n) is 6.34. The fourth-order valence-electron chi connectivity index (χ4n) is 3.28. The lowest BCUT2D eigenvalue weighted by molar-refractivity contribution is 1.69. The van der Waals surface area contributed by atoms with Crippen LogP contribution in [0.4, 0.5) is 5.69 Å². The maximum Gasteiger partial charge on any atom is 0.176 e. The third-order valence-corrected chi connectivity index (χ3v) is 5.04. The minimum absolute atomic E-state index is 0.822. The van der Waals surface area contributed by atoms with Gasteiger partial charge in [0.25, 0.3) is 0 Å². The van der Waals surface area contributed by atoms with E-state index in [0.717, 1.165) is 5.69 Å². The van der Waals surface area contributed by atoms with Gasteiger partial charge < -0.3 is 5.73 Å². The van der Waals surface area contributed by atoms with E-state index in [-0.39, 0.29) is 0 Å². The Morgan fingerprint density at radius 1 is 0.538 bits per heavy atom. The van der Waals surface area contributed by atoms with Crippen molar-refractivity contribution in [2.45, 2.75) is 0 Å². The number of nitrogen functional groups attached to an aromatic ring is 1. The highest BCUT2D eigenvalue weighted by atomic mass is 27.0. The molecule has 0 amide bonds. The molecular weight excluding hydrogens is 329 g/mol. The predicted molar refractivity (Wildman–Crippen MR) is 115 cm³/mol. The summed E-state index contributed by atoms with van der Waals surface area (Å²) in [4.78, 5) is 0. The first kappa shape index (κ1) is 16.7. The maximum absolute atomic E-state index is 5.36. The van der Waals surface area contributed by atoms with Gasteiger partial charge in [-0.1, -0.05) is 72.8 Å². The zero-order valence-electron chi connectivity index (χ0n) is 14.4. The van der Waals surface area contributed by atoms with E-state index in [4.69, 9.17) is 5.73 Å². The highest BCUT2D eigenvalue weighted by Crippen LogP contribution is 2.28. The molecule has 5 aromatic rings. The Kier molecular flexibility index (Phi) is 4.63. The lowest BCUT2D eigenvalue weighted by atomic mass is 9.98. The third kappa shape index (κ3) is 3.30. The molecule has 5 rings (SSSR count). The Labute approximate surface area is 161 Å². The fourth-order valence-corrected chi connectivity index (χ4v) is 3.72. The van der Waals surface area contributed by atoms with Gasteiger partial charge in [0, 0.05) is 5.69 Å². The zero-order chi connectivity index (χ0) is 17.9. The van der Waals surface area contributed by atoms with E-state index in [2.05, 4.69) is 83.0 Å². The summed E-state index contributed by atoms with van der Waals surface area (Å²) in [6, 6.07) is 33.5. The van der Waals surface area contributed by atoms with E-state index in [1.807, 2.05) is 30.3 Å². The molecule has 0 saturated carbocycles. The summed E-state index contributed by atoms with van der Waals surface area (Å²) >= 11 is 2.85. The van der Waals surface area contributed by atoms with E-state index in [1.54, 1.807) is 0 Å². The molecule has 0 aliphatic carbocycles. The maximum atomic E-state index is 5.36. The quantitative estimate of drug-likeness (QED) is 0.177. The predicted octanol–water partition coefficient (Wildman–Crippen LogP) is 5.21. The number of benzene rings is 5. The SMILES string of the molecule is Nc1ccccc1.[Al][c]1cccc2ccc3cc4ccccc4cc3c12. The summed E-state index contributed by atoms with van der Waals surface area (Å²) in [7, 11) is 0. The van der Waals surface area contributed by atoms with Crippen molar-refractivity contribution in [3.05, 3.63) is 97.1 Å². The van der Waals surface area contributed by atoms with Gasteiger partial charge >= 0.3 is 0 Å². The van der Waals surface area contributed by atoms with Crippen molar-refractivity contribution >= 4 is 58.7 Å². The fraction of sp³-hybridized carbons (Fsp3) is 0. The Morgan fingerprint density at radius 2 is 1.15 bits per heavy atom. The van der Waals surface area contributed by atoms with Gasteiger partial charge in [0.15, 0.2) is 16.3 Å². The smallest absolute Gasteiger partial charge is 0.176 e. The lowest BCUT2D eigenvalue weighted by Gasteiger charge is -2.09. The van der Waals surface area contributed by atoms with Gasteiger partial charge in [-0.15, -0.1) is 4.43 Å². The highest BCUT2D eigenvalue weighted by molar-refractivity contribution is 6.41. The molecule has 1 nitrogen and oxygen atoms in total. The molecule has 0 atom stereocenters. The average molecular weight is 347 g/mol. The van der Waals surface area contributed by atoms with E-state index >= 15 is 0 Å².